The minimum absolute atomic E-state index is 0.112. The van der Waals surface area contributed by atoms with Crippen LogP contribution in [0.3, 0.4) is 0 Å². The Labute approximate surface area is 204 Å². The van der Waals surface area contributed by atoms with Crippen LogP contribution in [0.1, 0.15) is 45.8 Å². The highest BCUT2D eigenvalue weighted by Crippen LogP contribution is 2.26. The van der Waals surface area contributed by atoms with Crippen molar-refractivity contribution in [1.82, 2.24) is 9.88 Å². The smallest absolute Gasteiger partial charge is 0.267 e. The maximum absolute atomic E-state index is 13.1. The van der Waals surface area contributed by atoms with Crippen molar-refractivity contribution in [3.63, 3.8) is 0 Å². The number of halogens is 1. The number of nitrogens with zero attached hydrogens (tertiary/aromatic N) is 1. The van der Waals surface area contributed by atoms with Crippen LogP contribution in [0.15, 0.2) is 72.8 Å². The van der Waals surface area contributed by atoms with Crippen LogP contribution in [0.4, 0.5) is 5.69 Å². The molecule has 34 heavy (non-hydrogen) atoms. The van der Waals surface area contributed by atoms with Crippen LogP contribution in [0.2, 0.25) is 5.02 Å². The van der Waals surface area contributed by atoms with E-state index in [1.165, 1.54) is 5.56 Å². The fourth-order valence-electron chi connectivity index (χ4n) is 3.93. The van der Waals surface area contributed by atoms with Crippen molar-refractivity contribution in [2.45, 2.75) is 27.3 Å². The van der Waals surface area contributed by atoms with Crippen LogP contribution < -0.4 is 10.6 Å². The second-order valence-electron chi connectivity index (χ2n) is 8.92. The third kappa shape index (κ3) is 5.32. The van der Waals surface area contributed by atoms with E-state index in [0.717, 1.165) is 16.5 Å². The molecule has 1 heterocycles. The molecule has 5 nitrogen and oxygen atoms in total. The quantitative estimate of drug-likeness (QED) is 0.331. The van der Waals surface area contributed by atoms with Gasteiger partial charge in [0.1, 0.15) is 5.69 Å². The van der Waals surface area contributed by atoms with Crippen LogP contribution in [0, 0.1) is 12.8 Å². The zero-order valence-corrected chi connectivity index (χ0v) is 20.3. The molecule has 2 N–H and O–H groups in total. The maximum Gasteiger partial charge on any atom is 0.267 e. The summed E-state index contributed by atoms with van der Waals surface area (Å²) < 4.78 is 2.03. The van der Waals surface area contributed by atoms with Gasteiger partial charge in [-0.3, -0.25) is 9.59 Å². The van der Waals surface area contributed by atoms with Crippen LogP contribution >= 0.6 is 11.6 Å². The molecule has 0 aliphatic rings. The first-order valence-electron chi connectivity index (χ1n) is 11.3. The highest BCUT2D eigenvalue weighted by Gasteiger charge is 2.17. The average molecular weight is 474 g/mol. The van der Waals surface area contributed by atoms with Crippen molar-refractivity contribution in [3.8, 4) is 0 Å². The molecule has 0 saturated heterocycles. The summed E-state index contributed by atoms with van der Waals surface area (Å²) in [4.78, 5) is 25.8. The lowest BCUT2D eigenvalue weighted by molar-refractivity contribution is 0.0940. The number of benzene rings is 3. The van der Waals surface area contributed by atoms with Gasteiger partial charge in [-0.1, -0.05) is 67.4 Å². The van der Waals surface area contributed by atoms with Gasteiger partial charge in [-0.05, 0) is 54.8 Å². The van der Waals surface area contributed by atoms with E-state index in [4.69, 9.17) is 11.6 Å². The van der Waals surface area contributed by atoms with Crippen LogP contribution in [0.25, 0.3) is 10.9 Å². The van der Waals surface area contributed by atoms with Gasteiger partial charge in [-0.25, -0.2) is 0 Å². The Kier molecular flexibility index (Phi) is 7.03. The molecule has 1 aromatic heterocycles. The normalized spacial score (nSPS) is 11.1. The zero-order valence-electron chi connectivity index (χ0n) is 19.6. The number of rotatable bonds is 7. The SMILES string of the molecule is Cc1cccc(Cn2c(C(=O)NCC(C)C)cc3cc(NC(=O)c4ccccc4Cl)ccc32)c1. The lowest BCUT2D eigenvalue weighted by atomic mass is 10.1. The van der Waals surface area contributed by atoms with E-state index < -0.39 is 0 Å². The van der Waals surface area contributed by atoms with Gasteiger partial charge in [0.05, 0.1) is 10.6 Å². The van der Waals surface area contributed by atoms with Gasteiger partial charge < -0.3 is 15.2 Å². The predicted molar refractivity (Wildman–Crippen MR) is 139 cm³/mol. The van der Waals surface area contributed by atoms with E-state index in [1.54, 1.807) is 24.3 Å². The van der Waals surface area contributed by atoms with Crippen LogP contribution in [-0.2, 0) is 6.54 Å². The average Bonchev–Trinajstić information content (AvgIpc) is 3.15. The first kappa shape index (κ1) is 23.6. The van der Waals surface area contributed by atoms with E-state index in [-0.39, 0.29) is 11.8 Å². The van der Waals surface area contributed by atoms with Gasteiger partial charge in [0, 0.05) is 29.7 Å². The largest absolute Gasteiger partial charge is 0.351 e. The number of fused-ring (bicyclic) bond motifs is 1. The Morgan fingerprint density at radius 2 is 1.74 bits per heavy atom. The summed E-state index contributed by atoms with van der Waals surface area (Å²) in [5.74, 6) is -0.0385. The standard InChI is InChI=1S/C28H28ClN3O2/c1-18(2)16-30-28(34)26-15-21-14-22(31-27(33)23-9-4-5-10-24(23)29)11-12-25(21)32(26)17-20-8-6-7-19(3)13-20/h4-15,18H,16-17H2,1-3H3,(H,30,34)(H,31,33). The second kappa shape index (κ2) is 10.1. The van der Waals surface area contributed by atoms with Crippen LogP contribution in [-0.4, -0.2) is 22.9 Å². The highest BCUT2D eigenvalue weighted by atomic mass is 35.5. The number of carbonyl (C=O) groups is 2. The molecular formula is C28H28ClN3O2. The molecule has 0 saturated carbocycles. The van der Waals surface area contributed by atoms with E-state index in [0.29, 0.717) is 41.0 Å². The molecule has 174 valence electrons. The van der Waals surface area contributed by atoms with E-state index in [1.807, 2.05) is 34.9 Å². The number of nitrogens with one attached hydrogen (secondary N) is 2. The summed E-state index contributed by atoms with van der Waals surface area (Å²) in [5.41, 5.74) is 4.85. The summed E-state index contributed by atoms with van der Waals surface area (Å²) in [5, 5.41) is 7.21. The molecule has 0 aliphatic carbocycles. The lowest BCUT2D eigenvalue weighted by Crippen LogP contribution is -2.29. The minimum atomic E-state index is -0.279. The molecule has 3 aromatic carbocycles. The fraction of sp³-hybridized carbons (Fsp3) is 0.214. The Balaban J connectivity index is 1.69. The minimum Gasteiger partial charge on any atom is -0.351 e. The van der Waals surface area contributed by atoms with Gasteiger partial charge in [-0.2, -0.15) is 0 Å². The number of amides is 2. The topological polar surface area (TPSA) is 63.1 Å². The summed E-state index contributed by atoms with van der Waals surface area (Å²) >= 11 is 6.17. The molecule has 0 aliphatic heterocycles. The van der Waals surface area contributed by atoms with Crippen LogP contribution in [0.5, 0.6) is 0 Å². The summed E-state index contributed by atoms with van der Waals surface area (Å²) in [6.07, 6.45) is 0. The van der Waals surface area contributed by atoms with Crippen molar-refractivity contribution in [1.29, 1.82) is 0 Å². The third-order valence-electron chi connectivity index (χ3n) is 5.60. The number of aryl methyl sites for hydroxylation is 1. The molecule has 0 bridgehead atoms. The molecule has 0 atom stereocenters. The molecule has 6 heteroatoms. The number of hydrogen-bond donors (Lipinski definition) is 2. The van der Waals surface area contributed by atoms with Crippen molar-refractivity contribution >= 4 is 40.0 Å². The third-order valence-corrected chi connectivity index (χ3v) is 5.93. The number of aromatic nitrogens is 1. The number of carbonyl (C=O) groups excluding carboxylic acids is 2. The Bertz CT molecular complexity index is 1360. The summed E-state index contributed by atoms with van der Waals surface area (Å²) in [7, 11) is 0. The predicted octanol–water partition coefficient (Wildman–Crippen LogP) is 6.29. The summed E-state index contributed by atoms with van der Waals surface area (Å²) in [6, 6.07) is 22.8. The van der Waals surface area contributed by atoms with E-state index in [9.17, 15) is 9.59 Å². The second-order valence-corrected chi connectivity index (χ2v) is 9.32. The van der Waals surface area contributed by atoms with E-state index in [2.05, 4.69) is 49.6 Å². The molecule has 4 rings (SSSR count). The molecule has 4 aromatic rings. The van der Waals surface area contributed by atoms with Crippen molar-refractivity contribution in [3.05, 3.63) is 100 Å². The summed E-state index contributed by atoms with van der Waals surface area (Å²) in [6.45, 7) is 7.36. The Morgan fingerprint density at radius 3 is 2.47 bits per heavy atom. The lowest BCUT2D eigenvalue weighted by Gasteiger charge is -2.13. The van der Waals surface area contributed by atoms with Crippen molar-refractivity contribution in [2.24, 2.45) is 5.92 Å². The van der Waals surface area contributed by atoms with Crippen molar-refractivity contribution in [2.75, 3.05) is 11.9 Å². The van der Waals surface area contributed by atoms with Gasteiger partial charge in [0.25, 0.3) is 11.8 Å². The zero-order chi connectivity index (χ0) is 24.2. The molecular weight excluding hydrogens is 446 g/mol. The Morgan fingerprint density at radius 1 is 0.941 bits per heavy atom. The van der Waals surface area contributed by atoms with Gasteiger partial charge in [-0.15, -0.1) is 0 Å². The fourth-order valence-corrected chi connectivity index (χ4v) is 4.15. The molecule has 0 fully saturated rings. The van der Waals surface area contributed by atoms with Gasteiger partial charge in [0.2, 0.25) is 0 Å². The molecule has 0 radical (unpaired) electrons. The Hall–Kier alpha value is -3.57. The molecule has 2 amide bonds. The molecule has 0 spiro atoms. The van der Waals surface area contributed by atoms with Gasteiger partial charge in [0.15, 0.2) is 0 Å². The number of hydrogen-bond acceptors (Lipinski definition) is 2. The first-order valence-corrected chi connectivity index (χ1v) is 11.7. The number of anilines is 1. The molecule has 0 unspecified atom stereocenters. The highest BCUT2D eigenvalue weighted by molar-refractivity contribution is 6.34. The monoisotopic (exact) mass is 473 g/mol. The first-order chi connectivity index (χ1) is 16.3. The van der Waals surface area contributed by atoms with Crippen molar-refractivity contribution < 1.29 is 9.59 Å². The maximum atomic E-state index is 13.1. The van der Waals surface area contributed by atoms with Gasteiger partial charge >= 0.3 is 0 Å². The van der Waals surface area contributed by atoms with E-state index >= 15 is 0 Å².